The minimum Gasteiger partial charge on any atom is -0.382 e. The molecule has 1 unspecified atom stereocenters. The van der Waals surface area contributed by atoms with E-state index in [1.807, 2.05) is 0 Å². The highest BCUT2D eigenvalue weighted by Crippen LogP contribution is 2.07. The van der Waals surface area contributed by atoms with Crippen LogP contribution in [0.1, 0.15) is 0 Å². The van der Waals surface area contributed by atoms with Gasteiger partial charge in [-0.1, -0.05) is 0 Å². The summed E-state index contributed by atoms with van der Waals surface area (Å²) in [4.78, 5) is 0. The van der Waals surface area contributed by atoms with Gasteiger partial charge in [0.25, 0.3) is 0 Å². The van der Waals surface area contributed by atoms with Gasteiger partial charge in [0.15, 0.2) is 0 Å². The standard InChI is InChI=1S/C7H14O4/c1-8-2-3-9-6-10-4-7-5-11-7/h7H,2-6H2,1H3. The molecule has 1 fully saturated rings. The maximum absolute atomic E-state index is 5.10. The summed E-state index contributed by atoms with van der Waals surface area (Å²) in [5.41, 5.74) is 0. The lowest BCUT2D eigenvalue weighted by Gasteiger charge is -2.02. The van der Waals surface area contributed by atoms with Crippen molar-refractivity contribution in [2.24, 2.45) is 0 Å². The number of ether oxygens (including phenoxy) is 4. The molecule has 0 spiro atoms. The van der Waals surface area contributed by atoms with Gasteiger partial charge in [-0.3, -0.25) is 0 Å². The minimum atomic E-state index is 0.320. The molecular weight excluding hydrogens is 148 g/mol. The zero-order valence-corrected chi connectivity index (χ0v) is 6.75. The van der Waals surface area contributed by atoms with Crippen molar-refractivity contribution in [3.8, 4) is 0 Å². The first-order valence-electron chi connectivity index (χ1n) is 3.69. The van der Waals surface area contributed by atoms with Crippen LogP contribution in [0.5, 0.6) is 0 Å². The number of hydrogen-bond donors (Lipinski definition) is 0. The highest BCUT2D eigenvalue weighted by molar-refractivity contribution is 4.66. The van der Waals surface area contributed by atoms with Gasteiger partial charge in [-0.2, -0.15) is 0 Å². The molecule has 1 heterocycles. The molecule has 0 aromatic rings. The van der Waals surface area contributed by atoms with Crippen molar-refractivity contribution in [2.75, 3.05) is 40.3 Å². The molecule has 0 saturated carbocycles. The molecule has 4 heteroatoms. The lowest BCUT2D eigenvalue weighted by atomic mass is 10.5. The monoisotopic (exact) mass is 162 g/mol. The third kappa shape index (κ3) is 5.15. The second kappa shape index (κ2) is 5.49. The third-order valence-corrected chi connectivity index (χ3v) is 1.30. The average Bonchev–Trinajstić information content (AvgIpc) is 2.80. The molecule has 0 radical (unpaired) electrons. The lowest BCUT2D eigenvalue weighted by molar-refractivity contribution is -0.0688. The molecule has 0 aromatic carbocycles. The molecule has 1 atom stereocenters. The van der Waals surface area contributed by atoms with Crippen molar-refractivity contribution in [3.63, 3.8) is 0 Å². The smallest absolute Gasteiger partial charge is 0.146 e. The van der Waals surface area contributed by atoms with Gasteiger partial charge in [0.2, 0.25) is 0 Å². The van der Waals surface area contributed by atoms with Crippen LogP contribution in [0.4, 0.5) is 0 Å². The summed E-state index contributed by atoms with van der Waals surface area (Å²) in [6, 6.07) is 0. The molecule has 1 saturated heterocycles. The van der Waals surface area contributed by atoms with Crippen molar-refractivity contribution in [1.82, 2.24) is 0 Å². The fraction of sp³-hybridized carbons (Fsp3) is 1.00. The average molecular weight is 162 g/mol. The van der Waals surface area contributed by atoms with E-state index in [-0.39, 0.29) is 0 Å². The van der Waals surface area contributed by atoms with Crippen LogP contribution in [0.3, 0.4) is 0 Å². The van der Waals surface area contributed by atoms with E-state index in [0.717, 1.165) is 6.61 Å². The van der Waals surface area contributed by atoms with E-state index in [0.29, 0.717) is 32.7 Å². The van der Waals surface area contributed by atoms with Gasteiger partial charge in [0.05, 0.1) is 26.4 Å². The Morgan fingerprint density at radius 1 is 1.36 bits per heavy atom. The van der Waals surface area contributed by atoms with Gasteiger partial charge in [0.1, 0.15) is 12.9 Å². The van der Waals surface area contributed by atoms with Gasteiger partial charge < -0.3 is 18.9 Å². The normalized spacial score (nSPS) is 22.1. The number of rotatable bonds is 7. The Balaban J connectivity index is 1.66. The van der Waals surface area contributed by atoms with Gasteiger partial charge in [0, 0.05) is 7.11 Å². The summed E-state index contributed by atoms with van der Waals surface area (Å²) in [6.45, 7) is 3.01. The second-order valence-corrected chi connectivity index (χ2v) is 2.35. The molecule has 0 aromatic heterocycles. The predicted octanol–water partition coefficient (Wildman–Crippen LogP) is 0.0223. The molecule has 11 heavy (non-hydrogen) atoms. The van der Waals surface area contributed by atoms with E-state index < -0.39 is 0 Å². The molecule has 1 rings (SSSR count). The predicted molar refractivity (Wildman–Crippen MR) is 38.4 cm³/mol. The Bertz CT molecular complexity index is 92.4. The maximum Gasteiger partial charge on any atom is 0.146 e. The highest BCUT2D eigenvalue weighted by Gasteiger charge is 2.21. The Morgan fingerprint density at radius 3 is 2.82 bits per heavy atom. The summed E-state index contributed by atoms with van der Waals surface area (Å²) in [5, 5.41) is 0. The van der Waals surface area contributed by atoms with Crippen molar-refractivity contribution in [2.45, 2.75) is 6.10 Å². The first-order chi connectivity index (χ1) is 5.43. The third-order valence-electron chi connectivity index (χ3n) is 1.30. The summed E-state index contributed by atoms with van der Waals surface area (Å²) >= 11 is 0. The fourth-order valence-corrected chi connectivity index (χ4v) is 0.604. The molecule has 4 nitrogen and oxygen atoms in total. The van der Waals surface area contributed by atoms with E-state index >= 15 is 0 Å². The van der Waals surface area contributed by atoms with Crippen LogP contribution in [0.15, 0.2) is 0 Å². The van der Waals surface area contributed by atoms with E-state index in [9.17, 15) is 0 Å². The van der Waals surface area contributed by atoms with Crippen molar-refractivity contribution >= 4 is 0 Å². The van der Waals surface area contributed by atoms with E-state index in [4.69, 9.17) is 18.9 Å². The van der Waals surface area contributed by atoms with Gasteiger partial charge in [-0.05, 0) is 0 Å². The summed E-state index contributed by atoms with van der Waals surface area (Å²) in [6.07, 6.45) is 0.320. The van der Waals surface area contributed by atoms with Crippen LogP contribution >= 0.6 is 0 Å². The maximum atomic E-state index is 5.10. The molecule has 0 aliphatic carbocycles. The zero-order valence-electron chi connectivity index (χ0n) is 6.75. The SMILES string of the molecule is COCCOCOCC1CO1. The van der Waals surface area contributed by atoms with E-state index in [1.54, 1.807) is 7.11 Å². The zero-order chi connectivity index (χ0) is 7.94. The number of hydrogen-bond acceptors (Lipinski definition) is 4. The topological polar surface area (TPSA) is 40.2 Å². The largest absolute Gasteiger partial charge is 0.382 e. The van der Waals surface area contributed by atoms with Crippen molar-refractivity contribution < 1.29 is 18.9 Å². The quantitative estimate of drug-likeness (QED) is 0.300. The molecule has 1 aliphatic rings. The first kappa shape index (κ1) is 8.93. The molecule has 0 N–H and O–H groups in total. The number of methoxy groups -OCH3 is 1. The Hall–Kier alpha value is -0.160. The molecule has 0 amide bonds. The van der Waals surface area contributed by atoms with Crippen LogP contribution in [0.2, 0.25) is 0 Å². The Kier molecular flexibility index (Phi) is 4.45. The van der Waals surface area contributed by atoms with E-state index in [2.05, 4.69) is 0 Å². The Labute approximate surface area is 66.4 Å². The van der Waals surface area contributed by atoms with Gasteiger partial charge in [-0.15, -0.1) is 0 Å². The summed E-state index contributed by atoms with van der Waals surface area (Å²) in [5.74, 6) is 0. The molecule has 66 valence electrons. The van der Waals surface area contributed by atoms with Crippen LogP contribution in [0, 0.1) is 0 Å². The van der Waals surface area contributed by atoms with Crippen LogP contribution in [-0.4, -0.2) is 46.4 Å². The van der Waals surface area contributed by atoms with Crippen molar-refractivity contribution in [1.29, 1.82) is 0 Å². The van der Waals surface area contributed by atoms with Gasteiger partial charge >= 0.3 is 0 Å². The van der Waals surface area contributed by atoms with Crippen molar-refractivity contribution in [3.05, 3.63) is 0 Å². The lowest BCUT2D eigenvalue weighted by Crippen LogP contribution is -2.08. The fourth-order valence-electron chi connectivity index (χ4n) is 0.604. The minimum absolute atomic E-state index is 0.320. The first-order valence-corrected chi connectivity index (χ1v) is 3.69. The van der Waals surface area contributed by atoms with Gasteiger partial charge in [-0.25, -0.2) is 0 Å². The summed E-state index contributed by atoms with van der Waals surface area (Å²) < 4.78 is 19.9. The van der Waals surface area contributed by atoms with Crippen LogP contribution < -0.4 is 0 Å². The highest BCUT2D eigenvalue weighted by atomic mass is 16.7. The Morgan fingerprint density at radius 2 is 2.18 bits per heavy atom. The van der Waals surface area contributed by atoms with Crippen LogP contribution in [-0.2, 0) is 18.9 Å². The van der Waals surface area contributed by atoms with E-state index in [1.165, 1.54) is 0 Å². The molecule has 0 bridgehead atoms. The molecule has 1 aliphatic heterocycles. The van der Waals surface area contributed by atoms with Crippen LogP contribution in [0.25, 0.3) is 0 Å². The molecular formula is C7H14O4. The number of epoxide rings is 1. The summed E-state index contributed by atoms with van der Waals surface area (Å²) in [7, 11) is 1.64. The second-order valence-electron chi connectivity index (χ2n) is 2.35.